The summed E-state index contributed by atoms with van der Waals surface area (Å²) in [5, 5.41) is 0. The fraction of sp³-hybridized carbons (Fsp3) is 0.538. The zero-order valence-electron chi connectivity index (χ0n) is 10.1. The molecule has 1 atom stereocenters. The van der Waals surface area contributed by atoms with Gasteiger partial charge in [0.1, 0.15) is 5.75 Å². The first-order valence-corrected chi connectivity index (χ1v) is 5.49. The summed E-state index contributed by atoms with van der Waals surface area (Å²) in [6.45, 7) is 9.11. The van der Waals surface area contributed by atoms with Crippen LogP contribution in [0.15, 0.2) is 18.2 Å². The van der Waals surface area contributed by atoms with Crippen molar-refractivity contribution in [1.82, 2.24) is 0 Å². The molecule has 1 aromatic rings. The molecule has 2 nitrogen and oxygen atoms in total. The van der Waals surface area contributed by atoms with Crippen LogP contribution in [0.1, 0.15) is 37.9 Å². The van der Waals surface area contributed by atoms with E-state index in [1.807, 2.05) is 13.0 Å². The summed E-state index contributed by atoms with van der Waals surface area (Å²) >= 11 is 0. The van der Waals surface area contributed by atoms with E-state index in [4.69, 9.17) is 10.5 Å². The Morgan fingerprint density at radius 2 is 1.93 bits per heavy atom. The molecule has 1 rings (SSSR count). The third-order valence-electron chi connectivity index (χ3n) is 2.32. The van der Waals surface area contributed by atoms with Gasteiger partial charge >= 0.3 is 0 Å². The quantitative estimate of drug-likeness (QED) is 0.823. The van der Waals surface area contributed by atoms with Gasteiger partial charge in [0.25, 0.3) is 0 Å². The van der Waals surface area contributed by atoms with Gasteiger partial charge in [-0.25, -0.2) is 0 Å². The molecular weight excluding hydrogens is 186 g/mol. The number of ether oxygens (including phenoxy) is 1. The molecule has 0 aliphatic rings. The molecule has 1 unspecified atom stereocenters. The van der Waals surface area contributed by atoms with Gasteiger partial charge < -0.3 is 10.5 Å². The molecule has 2 N–H and O–H groups in total. The number of nitrogens with two attached hydrogens (primary N) is 1. The number of aryl methyl sites for hydroxylation is 1. The second kappa shape index (κ2) is 5.17. The molecule has 0 heterocycles. The zero-order valence-corrected chi connectivity index (χ0v) is 10.1. The minimum Gasteiger partial charge on any atom is -0.493 e. The van der Waals surface area contributed by atoms with Gasteiger partial charge in [-0.3, -0.25) is 0 Å². The number of benzene rings is 1. The lowest BCUT2D eigenvalue weighted by Crippen LogP contribution is -2.08. The maximum absolute atomic E-state index is 5.85. The second-order valence-electron chi connectivity index (χ2n) is 4.51. The fourth-order valence-corrected chi connectivity index (χ4v) is 1.51. The monoisotopic (exact) mass is 207 g/mol. The molecule has 0 saturated heterocycles. The van der Waals surface area contributed by atoms with Crippen molar-refractivity contribution in [2.45, 2.75) is 33.7 Å². The first-order chi connectivity index (χ1) is 7.00. The lowest BCUT2D eigenvalue weighted by Gasteiger charge is -2.13. The van der Waals surface area contributed by atoms with Gasteiger partial charge in [0.15, 0.2) is 0 Å². The van der Waals surface area contributed by atoms with Gasteiger partial charge in [0.05, 0.1) is 6.61 Å². The van der Waals surface area contributed by atoms with Crippen LogP contribution in [-0.2, 0) is 0 Å². The van der Waals surface area contributed by atoms with Crippen LogP contribution in [0.5, 0.6) is 5.75 Å². The predicted molar refractivity (Wildman–Crippen MR) is 64.1 cm³/mol. The van der Waals surface area contributed by atoms with E-state index >= 15 is 0 Å². The van der Waals surface area contributed by atoms with Crippen molar-refractivity contribution < 1.29 is 4.74 Å². The standard InChI is InChI=1S/C13H21NO/c1-9(2)8-15-12-5-6-13(11(4)14)10(3)7-12/h5-7,9,11H,8,14H2,1-4H3. The Bertz CT molecular complexity index is 318. The maximum Gasteiger partial charge on any atom is 0.119 e. The molecule has 0 saturated carbocycles. The molecule has 0 aliphatic heterocycles. The third kappa shape index (κ3) is 3.56. The average Bonchev–Trinajstić information content (AvgIpc) is 2.14. The van der Waals surface area contributed by atoms with Gasteiger partial charge in [-0.1, -0.05) is 19.9 Å². The molecule has 0 bridgehead atoms. The highest BCUT2D eigenvalue weighted by Crippen LogP contribution is 2.21. The van der Waals surface area contributed by atoms with Gasteiger partial charge in [0, 0.05) is 6.04 Å². The van der Waals surface area contributed by atoms with E-state index in [1.54, 1.807) is 0 Å². The van der Waals surface area contributed by atoms with Crippen LogP contribution in [0.25, 0.3) is 0 Å². The van der Waals surface area contributed by atoms with Gasteiger partial charge in [-0.15, -0.1) is 0 Å². The molecule has 0 aliphatic carbocycles. The average molecular weight is 207 g/mol. The van der Waals surface area contributed by atoms with Crippen molar-refractivity contribution >= 4 is 0 Å². The van der Waals surface area contributed by atoms with E-state index in [9.17, 15) is 0 Å². The number of hydrogen-bond donors (Lipinski definition) is 1. The summed E-state index contributed by atoms with van der Waals surface area (Å²) in [5.41, 5.74) is 8.23. The van der Waals surface area contributed by atoms with Crippen molar-refractivity contribution in [3.8, 4) is 5.75 Å². The lowest BCUT2D eigenvalue weighted by atomic mass is 10.0. The van der Waals surface area contributed by atoms with E-state index < -0.39 is 0 Å². The Balaban J connectivity index is 2.73. The van der Waals surface area contributed by atoms with E-state index in [1.165, 1.54) is 11.1 Å². The Morgan fingerprint density at radius 1 is 1.27 bits per heavy atom. The molecule has 1 aromatic carbocycles. The summed E-state index contributed by atoms with van der Waals surface area (Å²) in [6.07, 6.45) is 0. The van der Waals surface area contributed by atoms with Crippen molar-refractivity contribution in [2.75, 3.05) is 6.61 Å². The van der Waals surface area contributed by atoms with Crippen LogP contribution in [0.4, 0.5) is 0 Å². The number of rotatable bonds is 4. The molecular formula is C13H21NO. The van der Waals surface area contributed by atoms with E-state index in [0.717, 1.165) is 12.4 Å². The minimum atomic E-state index is 0.0872. The van der Waals surface area contributed by atoms with Gasteiger partial charge in [-0.2, -0.15) is 0 Å². The molecule has 0 fully saturated rings. The lowest BCUT2D eigenvalue weighted by molar-refractivity contribution is 0.271. The Kier molecular flexibility index (Phi) is 4.15. The Morgan fingerprint density at radius 3 is 2.40 bits per heavy atom. The largest absolute Gasteiger partial charge is 0.493 e. The molecule has 0 spiro atoms. The van der Waals surface area contributed by atoms with Crippen molar-refractivity contribution in [3.63, 3.8) is 0 Å². The predicted octanol–water partition coefficient (Wildman–Crippen LogP) is 3.05. The van der Waals surface area contributed by atoms with Crippen LogP contribution in [0, 0.1) is 12.8 Å². The summed E-state index contributed by atoms with van der Waals surface area (Å²) in [5.74, 6) is 1.49. The summed E-state index contributed by atoms with van der Waals surface area (Å²) in [6, 6.07) is 6.19. The molecule has 0 aromatic heterocycles. The highest BCUT2D eigenvalue weighted by atomic mass is 16.5. The van der Waals surface area contributed by atoms with Crippen molar-refractivity contribution in [1.29, 1.82) is 0 Å². The van der Waals surface area contributed by atoms with Crippen LogP contribution in [0.2, 0.25) is 0 Å². The van der Waals surface area contributed by atoms with Gasteiger partial charge in [0.2, 0.25) is 0 Å². The van der Waals surface area contributed by atoms with E-state index in [2.05, 4.69) is 32.9 Å². The van der Waals surface area contributed by atoms with Crippen LogP contribution >= 0.6 is 0 Å². The minimum absolute atomic E-state index is 0.0872. The van der Waals surface area contributed by atoms with Crippen LogP contribution in [0.3, 0.4) is 0 Å². The summed E-state index contributed by atoms with van der Waals surface area (Å²) in [4.78, 5) is 0. The summed E-state index contributed by atoms with van der Waals surface area (Å²) < 4.78 is 5.64. The molecule has 2 heteroatoms. The first kappa shape index (κ1) is 12.1. The first-order valence-electron chi connectivity index (χ1n) is 5.49. The van der Waals surface area contributed by atoms with E-state index in [0.29, 0.717) is 5.92 Å². The second-order valence-corrected chi connectivity index (χ2v) is 4.51. The van der Waals surface area contributed by atoms with E-state index in [-0.39, 0.29) is 6.04 Å². The van der Waals surface area contributed by atoms with Crippen LogP contribution in [-0.4, -0.2) is 6.61 Å². The SMILES string of the molecule is Cc1cc(OCC(C)C)ccc1C(C)N. The molecule has 15 heavy (non-hydrogen) atoms. The zero-order chi connectivity index (χ0) is 11.4. The molecule has 0 radical (unpaired) electrons. The van der Waals surface area contributed by atoms with Gasteiger partial charge in [-0.05, 0) is 43.0 Å². The highest BCUT2D eigenvalue weighted by Gasteiger charge is 2.05. The highest BCUT2D eigenvalue weighted by molar-refractivity contribution is 5.36. The normalized spacial score (nSPS) is 12.9. The number of hydrogen-bond acceptors (Lipinski definition) is 2. The third-order valence-corrected chi connectivity index (χ3v) is 2.32. The Labute approximate surface area is 92.4 Å². The topological polar surface area (TPSA) is 35.2 Å². The van der Waals surface area contributed by atoms with Crippen LogP contribution < -0.4 is 10.5 Å². The van der Waals surface area contributed by atoms with Crippen molar-refractivity contribution in [2.24, 2.45) is 11.7 Å². The Hall–Kier alpha value is -1.02. The maximum atomic E-state index is 5.85. The smallest absolute Gasteiger partial charge is 0.119 e. The fourth-order valence-electron chi connectivity index (χ4n) is 1.51. The molecule has 0 amide bonds. The van der Waals surface area contributed by atoms with Crippen molar-refractivity contribution in [3.05, 3.63) is 29.3 Å². The molecule has 84 valence electrons. The summed E-state index contributed by atoms with van der Waals surface area (Å²) in [7, 11) is 0.